The van der Waals surface area contributed by atoms with Crippen LogP contribution in [0.5, 0.6) is 0 Å². The van der Waals surface area contributed by atoms with Gasteiger partial charge in [-0.3, -0.25) is 14.8 Å². The van der Waals surface area contributed by atoms with E-state index in [1.165, 1.54) is 11.9 Å². The summed E-state index contributed by atoms with van der Waals surface area (Å²) < 4.78 is 1.75. The first-order valence-electron chi connectivity index (χ1n) is 10.5. The van der Waals surface area contributed by atoms with Gasteiger partial charge in [-0.1, -0.05) is 6.08 Å². The Balaban J connectivity index is 1.25. The number of pyridine rings is 1. The second-order valence-electron chi connectivity index (χ2n) is 7.48. The fraction of sp³-hybridized carbons (Fsp3) is 0.167. The first-order chi connectivity index (χ1) is 15.8. The molecule has 1 N–H and O–H groups in total. The van der Waals surface area contributed by atoms with Gasteiger partial charge in [0.2, 0.25) is 0 Å². The summed E-state index contributed by atoms with van der Waals surface area (Å²) in [6.07, 6.45) is 12.9. The van der Waals surface area contributed by atoms with Crippen molar-refractivity contribution in [2.45, 2.75) is 19.3 Å². The van der Waals surface area contributed by atoms with E-state index in [9.17, 15) is 4.79 Å². The zero-order valence-corrected chi connectivity index (χ0v) is 17.3. The van der Waals surface area contributed by atoms with Gasteiger partial charge in [-0.25, -0.2) is 14.5 Å². The zero-order chi connectivity index (χ0) is 21.8. The molecule has 0 atom stereocenters. The summed E-state index contributed by atoms with van der Waals surface area (Å²) in [4.78, 5) is 29.7. The maximum absolute atomic E-state index is 12.5. The summed E-state index contributed by atoms with van der Waals surface area (Å²) in [5.74, 6) is 0.734. The van der Waals surface area contributed by atoms with E-state index < -0.39 is 0 Å². The SMILES string of the molecule is O=C(CCCc1ccncc1)c1ccc(Nc2ncc(C3=CCN=C3)n3ncnc23)cc1. The molecule has 0 fully saturated rings. The van der Waals surface area contributed by atoms with Crippen molar-refractivity contribution in [2.75, 3.05) is 11.9 Å². The van der Waals surface area contributed by atoms with Gasteiger partial charge < -0.3 is 5.32 Å². The largest absolute Gasteiger partial charge is 0.337 e. The third-order valence-electron chi connectivity index (χ3n) is 5.33. The smallest absolute Gasteiger partial charge is 0.199 e. The highest BCUT2D eigenvalue weighted by molar-refractivity contribution is 6.11. The monoisotopic (exact) mass is 423 g/mol. The number of aryl methyl sites for hydroxylation is 1. The van der Waals surface area contributed by atoms with E-state index in [-0.39, 0.29) is 5.78 Å². The number of benzene rings is 1. The average molecular weight is 423 g/mol. The molecule has 0 unspecified atom stereocenters. The van der Waals surface area contributed by atoms with Crippen LogP contribution < -0.4 is 5.32 Å². The van der Waals surface area contributed by atoms with Crippen LogP contribution in [0, 0.1) is 0 Å². The van der Waals surface area contributed by atoms with Gasteiger partial charge in [0.05, 0.1) is 18.4 Å². The van der Waals surface area contributed by atoms with E-state index >= 15 is 0 Å². The Bertz CT molecular complexity index is 1310. The van der Waals surface area contributed by atoms with Gasteiger partial charge in [0.15, 0.2) is 17.2 Å². The van der Waals surface area contributed by atoms with Gasteiger partial charge in [0.25, 0.3) is 0 Å². The lowest BCUT2D eigenvalue weighted by Gasteiger charge is -2.10. The Morgan fingerprint density at radius 3 is 2.69 bits per heavy atom. The van der Waals surface area contributed by atoms with Crippen LogP contribution >= 0.6 is 0 Å². The van der Waals surface area contributed by atoms with Crippen molar-refractivity contribution < 1.29 is 4.79 Å². The van der Waals surface area contributed by atoms with Crippen molar-refractivity contribution in [1.29, 1.82) is 0 Å². The Morgan fingerprint density at radius 1 is 1.06 bits per heavy atom. The van der Waals surface area contributed by atoms with Crippen LogP contribution in [0.15, 0.2) is 72.4 Å². The van der Waals surface area contributed by atoms with E-state index in [0.29, 0.717) is 30.0 Å². The molecule has 0 spiro atoms. The maximum atomic E-state index is 12.5. The lowest BCUT2D eigenvalue weighted by molar-refractivity contribution is 0.0980. The average Bonchev–Trinajstić information content (AvgIpc) is 3.53. The van der Waals surface area contributed by atoms with Gasteiger partial charge in [0.1, 0.15) is 6.33 Å². The fourth-order valence-corrected chi connectivity index (χ4v) is 3.65. The molecular weight excluding hydrogens is 402 g/mol. The zero-order valence-electron chi connectivity index (χ0n) is 17.3. The van der Waals surface area contributed by atoms with Crippen LogP contribution in [0.1, 0.15) is 34.5 Å². The Labute approximate surface area is 184 Å². The minimum Gasteiger partial charge on any atom is -0.337 e. The number of carbonyl (C=O) groups excluding carboxylic acids is 1. The molecule has 0 amide bonds. The first kappa shape index (κ1) is 19.7. The standard InChI is InChI=1S/C24H21N7O/c32-22(3-1-2-17-8-11-25-12-9-17)18-4-6-20(7-5-18)30-23-24-28-16-29-31(24)21(15-27-23)19-10-13-26-14-19/h4-12,14-16H,1-3,13H2,(H,27,30). The minimum atomic E-state index is 0.138. The van der Waals surface area contributed by atoms with Crippen LogP contribution in [-0.4, -0.2) is 43.1 Å². The molecule has 0 radical (unpaired) electrons. The molecule has 0 saturated heterocycles. The first-order valence-corrected chi connectivity index (χ1v) is 10.5. The van der Waals surface area contributed by atoms with Gasteiger partial charge >= 0.3 is 0 Å². The number of rotatable bonds is 8. The molecule has 1 aliphatic rings. The Kier molecular flexibility index (Phi) is 5.48. The number of ketones is 1. The van der Waals surface area contributed by atoms with Crippen molar-refractivity contribution in [3.63, 3.8) is 0 Å². The van der Waals surface area contributed by atoms with Crippen LogP contribution in [0.2, 0.25) is 0 Å². The second-order valence-corrected chi connectivity index (χ2v) is 7.48. The number of hydrogen-bond donors (Lipinski definition) is 1. The number of nitrogens with zero attached hydrogens (tertiary/aromatic N) is 6. The van der Waals surface area contributed by atoms with Gasteiger partial charge in [-0.05, 0) is 54.8 Å². The fourth-order valence-electron chi connectivity index (χ4n) is 3.65. The van der Waals surface area contributed by atoms with Crippen LogP contribution in [0.3, 0.4) is 0 Å². The molecule has 0 aliphatic carbocycles. The summed E-state index contributed by atoms with van der Waals surface area (Å²) in [7, 11) is 0. The molecule has 0 saturated carbocycles. The summed E-state index contributed by atoms with van der Waals surface area (Å²) in [5.41, 5.74) is 5.17. The third-order valence-corrected chi connectivity index (χ3v) is 5.33. The predicted molar refractivity (Wildman–Crippen MR) is 123 cm³/mol. The molecule has 8 nitrogen and oxygen atoms in total. The molecule has 4 aromatic rings. The topological polar surface area (TPSA) is 97.4 Å². The van der Waals surface area contributed by atoms with Crippen molar-refractivity contribution in [2.24, 2.45) is 4.99 Å². The van der Waals surface area contributed by atoms with Crippen LogP contribution in [-0.2, 0) is 6.42 Å². The highest BCUT2D eigenvalue weighted by atomic mass is 16.1. The van der Waals surface area contributed by atoms with Crippen molar-refractivity contribution >= 4 is 34.7 Å². The highest BCUT2D eigenvalue weighted by Crippen LogP contribution is 2.23. The number of fused-ring (bicyclic) bond motifs is 1. The number of aliphatic imine (C=N–C) groups is 1. The number of nitrogens with one attached hydrogen (secondary N) is 1. The van der Waals surface area contributed by atoms with Crippen molar-refractivity contribution in [1.82, 2.24) is 24.6 Å². The molecule has 4 heterocycles. The van der Waals surface area contributed by atoms with E-state index in [4.69, 9.17) is 0 Å². The number of carbonyl (C=O) groups is 1. The summed E-state index contributed by atoms with van der Waals surface area (Å²) >= 11 is 0. The van der Waals surface area contributed by atoms with Gasteiger partial charge in [0, 0.05) is 41.9 Å². The van der Waals surface area contributed by atoms with Gasteiger partial charge in [-0.15, -0.1) is 0 Å². The molecule has 1 aromatic carbocycles. The molecule has 158 valence electrons. The molecule has 1 aliphatic heterocycles. The third kappa shape index (κ3) is 4.15. The van der Waals surface area contributed by atoms with Crippen molar-refractivity contribution in [3.05, 3.63) is 84.2 Å². The molecule has 8 heteroatoms. The van der Waals surface area contributed by atoms with Gasteiger partial charge in [-0.2, -0.15) is 5.10 Å². The van der Waals surface area contributed by atoms with Crippen LogP contribution in [0.4, 0.5) is 11.5 Å². The van der Waals surface area contributed by atoms with E-state index in [2.05, 4.69) is 30.4 Å². The number of anilines is 2. The van der Waals surface area contributed by atoms with E-state index in [1.54, 1.807) is 23.1 Å². The summed E-state index contributed by atoms with van der Waals surface area (Å²) in [6, 6.07) is 11.4. The lowest BCUT2D eigenvalue weighted by Crippen LogP contribution is -2.05. The summed E-state index contributed by atoms with van der Waals surface area (Å²) in [5, 5.41) is 7.61. The summed E-state index contributed by atoms with van der Waals surface area (Å²) in [6.45, 7) is 0.667. The molecule has 0 bridgehead atoms. The number of Topliss-reactive ketones (excluding diaryl/α,β-unsaturated/α-hetero) is 1. The number of allylic oxidation sites excluding steroid dienone is 1. The molecular formula is C24H21N7O. The molecule has 3 aromatic heterocycles. The predicted octanol–water partition coefficient (Wildman–Crippen LogP) is 3.94. The van der Waals surface area contributed by atoms with Crippen molar-refractivity contribution in [3.8, 4) is 0 Å². The quantitative estimate of drug-likeness (QED) is 0.431. The Morgan fingerprint density at radius 2 is 1.91 bits per heavy atom. The second kappa shape index (κ2) is 8.89. The maximum Gasteiger partial charge on any atom is 0.199 e. The van der Waals surface area contributed by atoms with E-state index in [1.807, 2.05) is 48.7 Å². The molecule has 5 rings (SSSR count). The Hall–Kier alpha value is -4.20. The van der Waals surface area contributed by atoms with E-state index in [0.717, 1.165) is 29.8 Å². The number of hydrogen-bond acceptors (Lipinski definition) is 7. The van der Waals surface area contributed by atoms with Crippen LogP contribution in [0.25, 0.3) is 11.2 Å². The minimum absolute atomic E-state index is 0.138. The molecule has 32 heavy (non-hydrogen) atoms. The number of aromatic nitrogens is 5. The normalized spacial score (nSPS) is 12.8. The highest BCUT2D eigenvalue weighted by Gasteiger charge is 2.14. The lowest BCUT2D eigenvalue weighted by atomic mass is 10.0.